The highest BCUT2D eigenvalue weighted by atomic mass is 32.1. The minimum atomic E-state index is -0.211. The number of nitrogens with one attached hydrogen (secondary N) is 3. The summed E-state index contributed by atoms with van der Waals surface area (Å²) in [4.78, 5) is 1.43. The molecular weight excluding hydrogens is 349 g/mol. The van der Waals surface area contributed by atoms with Crippen LogP contribution in [0.5, 0.6) is 0 Å². The van der Waals surface area contributed by atoms with E-state index in [1.165, 1.54) is 22.6 Å². The molecule has 1 fully saturated rings. The van der Waals surface area contributed by atoms with Crippen molar-refractivity contribution < 1.29 is 14.0 Å². The van der Waals surface area contributed by atoms with Gasteiger partial charge in [0.2, 0.25) is 0 Å². The number of hydrogen-bond donors (Lipinski definition) is 3. The molecule has 4 nitrogen and oxygen atoms in total. The van der Waals surface area contributed by atoms with Gasteiger partial charge < -0.3 is 20.3 Å². The van der Waals surface area contributed by atoms with Gasteiger partial charge in [-0.15, -0.1) is 0 Å². The maximum absolute atomic E-state index is 13.3. The Kier molecular flexibility index (Phi) is 6.94. The molecule has 0 saturated carbocycles. The molecule has 1 heterocycles. The van der Waals surface area contributed by atoms with E-state index in [2.05, 4.69) is 22.8 Å². The van der Waals surface area contributed by atoms with Crippen LogP contribution in [0.1, 0.15) is 17.2 Å². The van der Waals surface area contributed by atoms with E-state index < -0.39 is 0 Å². The van der Waals surface area contributed by atoms with E-state index in [-0.39, 0.29) is 11.9 Å². The fourth-order valence-electron chi connectivity index (χ4n) is 3.21. The summed E-state index contributed by atoms with van der Waals surface area (Å²) in [5, 5.41) is 7.21. The Morgan fingerprint density at radius 2 is 1.73 bits per heavy atom. The summed E-state index contributed by atoms with van der Waals surface area (Å²) in [6.07, 6.45) is 0. The van der Waals surface area contributed by atoms with Gasteiger partial charge in [-0.25, -0.2) is 4.39 Å². The summed E-state index contributed by atoms with van der Waals surface area (Å²) in [5.74, 6) is -0.211. The van der Waals surface area contributed by atoms with Crippen LogP contribution < -0.4 is 15.5 Å². The van der Waals surface area contributed by atoms with Crippen molar-refractivity contribution in [3.05, 3.63) is 71.5 Å². The first kappa shape index (κ1) is 18.8. The van der Waals surface area contributed by atoms with Gasteiger partial charge in [0.25, 0.3) is 0 Å². The van der Waals surface area contributed by atoms with Gasteiger partial charge in [0.15, 0.2) is 5.11 Å². The molecule has 0 radical (unpaired) electrons. The molecule has 3 N–H and O–H groups in total. The Morgan fingerprint density at radius 1 is 1.04 bits per heavy atom. The second kappa shape index (κ2) is 9.62. The molecule has 26 heavy (non-hydrogen) atoms. The number of thiocarbonyl (C=S) groups is 1. The standard InChI is InChI=1S/C20H24FN3OS/c21-18-8-6-17(7-9-18)19(24-10-12-25-13-11-24)15-23-20(26)22-14-16-4-2-1-3-5-16/h1-9,19H,10-15H2,(H2,22,23,26)/p+1/t19-/m1/s1. The van der Waals surface area contributed by atoms with Crippen molar-refractivity contribution in [2.75, 3.05) is 32.8 Å². The summed E-state index contributed by atoms with van der Waals surface area (Å²) >= 11 is 5.43. The van der Waals surface area contributed by atoms with Crippen LogP contribution in [0.3, 0.4) is 0 Å². The second-order valence-electron chi connectivity index (χ2n) is 6.42. The minimum Gasteiger partial charge on any atom is -0.370 e. The van der Waals surface area contributed by atoms with Crippen LogP contribution in [0.15, 0.2) is 54.6 Å². The third kappa shape index (κ3) is 5.49. The van der Waals surface area contributed by atoms with E-state index in [1.54, 1.807) is 0 Å². The van der Waals surface area contributed by atoms with Crippen molar-refractivity contribution in [2.45, 2.75) is 12.6 Å². The van der Waals surface area contributed by atoms with Crippen molar-refractivity contribution >= 4 is 17.3 Å². The Morgan fingerprint density at radius 3 is 2.42 bits per heavy atom. The third-order valence-corrected chi connectivity index (χ3v) is 4.95. The van der Waals surface area contributed by atoms with Gasteiger partial charge in [0.1, 0.15) is 24.9 Å². The van der Waals surface area contributed by atoms with E-state index >= 15 is 0 Å². The summed E-state index contributed by atoms with van der Waals surface area (Å²) < 4.78 is 18.8. The molecule has 1 saturated heterocycles. The normalized spacial score (nSPS) is 16.0. The average Bonchev–Trinajstić information content (AvgIpc) is 2.69. The highest BCUT2D eigenvalue weighted by molar-refractivity contribution is 7.80. The zero-order valence-corrected chi connectivity index (χ0v) is 15.5. The Labute approximate surface area is 159 Å². The number of hydrogen-bond acceptors (Lipinski definition) is 2. The molecule has 0 amide bonds. The number of quaternary nitrogens is 1. The molecule has 1 aliphatic rings. The predicted molar refractivity (Wildman–Crippen MR) is 105 cm³/mol. The molecule has 138 valence electrons. The summed E-state index contributed by atoms with van der Waals surface area (Å²) in [7, 11) is 0. The lowest BCUT2D eigenvalue weighted by Crippen LogP contribution is -3.15. The van der Waals surface area contributed by atoms with Crippen molar-refractivity contribution in [1.29, 1.82) is 0 Å². The quantitative estimate of drug-likeness (QED) is 0.669. The van der Waals surface area contributed by atoms with Crippen molar-refractivity contribution in [3.8, 4) is 0 Å². The molecule has 0 unspecified atom stereocenters. The lowest BCUT2D eigenvalue weighted by atomic mass is 10.0. The zero-order chi connectivity index (χ0) is 18.2. The Hall–Kier alpha value is -2.02. The maximum atomic E-state index is 13.3. The smallest absolute Gasteiger partial charge is 0.166 e. The molecule has 0 spiro atoms. The van der Waals surface area contributed by atoms with E-state index in [0.29, 0.717) is 18.2 Å². The maximum Gasteiger partial charge on any atom is 0.166 e. The van der Waals surface area contributed by atoms with Crippen molar-refractivity contribution in [2.24, 2.45) is 0 Å². The van der Waals surface area contributed by atoms with Crippen LogP contribution in [0.2, 0.25) is 0 Å². The van der Waals surface area contributed by atoms with E-state index in [9.17, 15) is 4.39 Å². The van der Waals surface area contributed by atoms with Crippen LogP contribution in [-0.2, 0) is 11.3 Å². The number of ether oxygens (including phenoxy) is 1. The summed E-state index contributed by atoms with van der Waals surface area (Å²) in [6, 6.07) is 17.1. The highest BCUT2D eigenvalue weighted by Crippen LogP contribution is 2.11. The van der Waals surface area contributed by atoms with E-state index in [1.807, 2.05) is 30.3 Å². The monoisotopic (exact) mass is 374 g/mol. The predicted octanol–water partition coefficient (Wildman–Crippen LogP) is 1.45. The molecule has 0 aromatic heterocycles. The van der Waals surface area contributed by atoms with Gasteiger partial charge in [-0.3, -0.25) is 0 Å². The number of morpholine rings is 1. The highest BCUT2D eigenvalue weighted by Gasteiger charge is 2.26. The summed E-state index contributed by atoms with van der Waals surface area (Å²) in [6.45, 7) is 4.77. The molecule has 2 aromatic carbocycles. The first-order chi connectivity index (χ1) is 12.7. The fourth-order valence-corrected chi connectivity index (χ4v) is 3.37. The molecule has 0 aliphatic carbocycles. The van der Waals surface area contributed by atoms with E-state index in [4.69, 9.17) is 17.0 Å². The van der Waals surface area contributed by atoms with Crippen molar-refractivity contribution in [1.82, 2.24) is 10.6 Å². The number of rotatable bonds is 6. The number of halogens is 1. The van der Waals surface area contributed by atoms with Gasteiger partial charge >= 0.3 is 0 Å². The lowest BCUT2D eigenvalue weighted by Gasteiger charge is -2.32. The second-order valence-corrected chi connectivity index (χ2v) is 6.83. The minimum absolute atomic E-state index is 0.205. The lowest BCUT2D eigenvalue weighted by molar-refractivity contribution is -0.937. The first-order valence-corrected chi connectivity index (χ1v) is 9.36. The summed E-state index contributed by atoms with van der Waals surface area (Å²) in [5.41, 5.74) is 2.30. The molecule has 1 aliphatic heterocycles. The molecular formula is C20H25FN3OS+. The number of benzene rings is 2. The van der Waals surface area contributed by atoms with Gasteiger partial charge in [0, 0.05) is 12.1 Å². The molecule has 0 bridgehead atoms. The molecule has 2 aromatic rings. The average molecular weight is 375 g/mol. The first-order valence-electron chi connectivity index (χ1n) is 8.96. The van der Waals surface area contributed by atoms with Crippen molar-refractivity contribution in [3.63, 3.8) is 0 Å². The van der Waals surface area contributed by atoms with Gasteiger partial charge in [-0.1, -0.05) is 42.5 Å². The van der Waals surface area contributed by atoms with Crippen LogP contribution in [-0.4, -0.2) is 38.0 Å². The molecule has 6 heteroatoms. The largest absolute Gasteiger partial charge is 0.370 e. The SMILES string of the molecule is Fc1ccc([C@@H](CNC(=S)NCc2ccccc2)[NH+]2CCOCC2)cc1. The van der Waals surface area contributed by atoms with Crippen LogP contribution in [0.25, 0.3) is 0 Å². The van der Waals surface area contributed by atoms with Crippen LogP contribution in [0.4, 0.5) is 4.39 Å². The van der Waals surface area contributed by atoms with E-state index in [0.717, 1.165) is 31.9 Å². The van der Waals surface area contributed by atoms with Crippen LogP contribution in [0, 0.1) is 5.82 Å². The van der Waals surface area contributed by atoms with Gasteiger partial charge in [-0.2, -0.15) is 0 Å². The Bertz CT molecular complexity index is 690. The molecule has 1 atom stereocenters. The van der Waals surface area contributed by atoms with Gasteiger partial charge in [-0.05, 0) is 29.9 Å². The van der Waals surface area contributed by atoms with Gasteiger partial charge in [0.05, 0.1) is 19.8 Å². The molecule has 3 rings (SSSR count). The Balaban J connectivity index is 1.58. The topological polar surface area (TPSA) is 37.7 Å². The van der Waals surface area contributed by atoms with Crippen LogP contribution >= 0.6 is 12.2 Å². The third-order valence-electron chi connectivity index (χ3n) is 4.66. The zero-order valence-electron chi connectivity index (χ0n) is 14.7. The fraction of sp³-hybridized carbons (Fsp3) is 0.350.